The molecule has 0 aliphatic heterocycles. The lowest BCUT2D eigenvalue weighted by molar-refractivity contribution is 0.293. The highest BCUT2D eigenvalue weighted by molar-refractivity contribution is 5.48. The average Bonchev–Trinajstić information content (AvgIpc) is 2.53. The summed E-state index contributed by atoms with van der Waals surface area (Å²) in [5.74, 6) is 1.06. The molecular weight excluding hydrogens is 276 g/mol. The Hall–Kier alpha value is -2.82. The van der Waals surface area contributed by atoms with Crippen LogP contribution in [0.5, 0.6) is 5.88 Å². The number of nitrogens with zero attached hydrogens (tertiary/aromatic N) is 4. The van der Waals surface area contributed by atoms with Gasteiger partial charge in [0.15, 0.2) is 5.82 Å². The number of benzene rings is 1. The zero-order valence-electron chi connectivity index (χ0n) is 12.5. The molecule has 110 valence electrons. The second kappa shape index (κ2) is 6.30. The molecule has 5 nitrogen and oxygen atoms in total. The fourth-order valence-corrected chi connectivity index (χ4v) is 2.10. The first-order valence-electron chi connectivity index (χ1n) is 7.01. The largest absolute Gasteiger partial charge is 0.473 e. The summed E-state index contributed by atoms with van der Waals surface area (Å²) in [6.07, 6.45) is 4.88. The average molecular weight is 292 g/mol. The van der Waals surface area contributed by atoms with Crippen molar-refractivity contribution in [2.75, 3.05) is 0 Å². The summed E-state index contributed by atoms with van der Waals surface area (Å²) in [4.78, 5) is 17.0. The molecule has 0 spiro atoms. The Morgan fingerprint density at radius 2 is 1.95 bits per heavy atom. The molecule has 5 heteroatoms. The van der Waals surface area contributed by atoms with Gasteiger partial charge >= 0.3 is 0 Å². The summed E-state index contributed by atoms with van der Waals surface area (Å²) in [5, 5.41) is 0. The Bertz CT molecular complexity index is 775. The Kier molecular flexibility index (Phi) is 4.05. The maximum atomic E-state index is 5.79. The second-order valence-electron chi connectivity index (χ2n) is 5.04. The minimum Gasteiger partial charge on any atom is -0.473 e. The Labute approximate surface area is 129 Å². The molecule has 0 aliphatic carbocycles. The highest BCUT2D eigenvalue weighted by Gasteiger charge is 2.07. The maximum absolute atomic E-state index is 5.79. The highest BCUT2D eigenvalue weighted by atomic mass is 16.5. The maximum Gasteiger partial charge on any atom is 0.217 e. The van der Waals surface area contributed by atoms with E-state index in [-0.39, 0.29) is 0 Å². The van der Waals surface area contributed by atoms with Crippen molar-refractivity contribution in [1.29, 1.82) is 0 Å². The summed E-state index contributed by atoms with van der Waals surface area (Å²) >= 11 is 0. The molecule has 0 saturated heterocycles. The third kappa shape index (κ3) is 3.44. The van der Waals surface area contributed by atoms with Crippen LogP contribution in [0.15, 0.2) is 48.9 Å². The number of aryl methyl sites for hydroxylation is 2. The van der Waals surface area contributed by atoms with Crippen LogP contribution in [0.3, 0.4) is 0 Å². The highest BCUT2D eigenvalue weighted by Crippen LogP contribution is 2.17. The van der Waals surface area contributed by atoms with Gasteiger partial charge in [0.1, 0.15) is 12.3 Å². The van der Waals surface area contributed by atoms with E-state index >= 15 is 0 Å². The molecule has 0 bridgehead atoms. The summed E-state index contributed by atoms with van der Waals surface area (Å²) in [6, 6.07) is 10.0. The lowest BCUT2D eigenvalue weighted by Crippen LogP contribution is -2.01. The first kappa shape index (κ1) is 14.1. The zero-order valence-corrected chi connectivity index (χ0v) is 12.5. The van der Waals surface area contributed by atoms with Gasteiger partial charge in [-0.1, -0.05) is 29.8 Å². The Balaban J connectivity index is 1.81. The van der Waals surface area contributed by atoms with Crippen molar-refractivity contribution in [2.24, 2.45) is 0 Å². The van der Waals surface area contributed by atoms with E-state index in [0.717, 1.165) is 11.3 Å². The molecule has 1 aromatic carbocycles. The van der Waals surface area contributed by atoms with E-state index in [9.17, 15) is 0 Å². The normalized spacial score (nSPS) is 10.5. The smallest absolute Gasteiger partial charge is 0.217 e. The quantitative estimate of drug-likeness (QED) is 0.739. The van der Waals surface area contributed by atoms with E-state index in [1.807, 2.05) is 25.1 Å². The van der Waals surface area contributed by atoms with Gasteiger partial charge in [-0.25, -0.2) is 9.97 Å². The molecule has 0 amide bonds. The van der Waals surface area contributed by atoms with Gasteiger partial charge in [0.2, 0.25) is 5.88 Å². The van der Waals surface area contributed by atoms with Gasteiger partial charge in [-0.3, -0.25) is 4.98 Å². The number of ether oxygens (including phenoxy) is 1. The topological polar surface area (TPSA) is 60.8 Å². The van der Waals surface area contributed by atoms with Crippen molar-refractivity contribution in [3.05, 3.63) is 65.7 Å². The lowest BCUT2D eigenvalue weighted by atomic mass is 10.1. The molecule has 22 heavy (non-hydrogen) atoms. The molecule has 0 atom stereocenters. The van der Waals surface area contributed by atoms with Gasteiger partial charge in [-0.2, -0.15) is 4.98 Å². The predicted octanol–water partition coefficient (Wildman–Crippen LogP) is 3.13. The standard InChI is InChI=1S/C17H16N4O/c1-12-4-3-5-14(8-12)11-22-16-9-13(2)20-17(21-16)15-10-18-6-7-19-15/h3-10H,11H2,1-2H3. The molecule has 0 saturated carbocycles. The van der Waals surface area contributed by atoms with Crippen molar-refractivity contribution in [3.63, 3.8) is 0 Å². The van der Waals surface area contributed by atoms with Gasteiger partial charge in [0.05, 0.1) is 6.20 Å². The lowest BCUT2D eigenvalue weighted by Gasteiger charge is -2.08. The molecule has 0 radical (unpaired) electrons. The summed E-state index contributed by atoms with van der Waals surface area (Å²) in [6.45, 7) is 4.43. The van der Waals surface area contributed by atoms with Crippen LogP contribution in [0.1, 0.15) is 16.8 Å². The van der Waals surface area contributed by atoms with Gasteiger partial charge < -0.3 is 4.74 Å². The van der Waals surface area contributed by atoms with Crippen molar-refractivity contribution in [1.82, 2.24) is 19.9 Å². The first-order valence-corrected chi connectivity index (χ1v) is 7.01. The Morgan fingerprint density at radius 3 is 2.73 bits per heavy atom. The summed E-state index contributed by atoms with van der Waals surface area (Å²) in [7, 11) is 0. The second-order valence-corrected chi connectivity index (χ2v) is 5.04. The van der Waals surface area contributed by atoms with E-state index in [1.165, 1.54) is 5.56 Å². The van der Waals surface area contributed by atoms with Gasteiger partial charge in [0.25, 0.3) is 0 Å². The van der Waals surface area contributed by atoms with E-state index in [4.69, 9.17) is 4.74 Å². The van der Waals surface area contributed by atoms with Crippen LogP contribution in [0.4, 0.5) is 0 Å². The minimum absolute atomic E-state index is 0.470. The zero-order chi connectivity index (χ0) is 15.4. The third-order valence-electron chi connectivity index (χ3n) is 3.09. The van der Waals surface area contributed by atoms with Gasteiger partial charge in [-0.05, 0) is 19.4 Å². The number of hydrogen-bond acceptors (Lipinski definition) is 5. The molecule has 3 rings (SSSR count). The summed E-state index contributed by atoms with van der Waals surface area (Å²) in [5.41, 5.74) is 3.78. The van der Waals surface area contributed by atoms with Crippen LogP contribution < -0.4 is 4.74 Å². The van der Waals surface area contributed by atoms with Crippen molar-refractivity contribution in [3.8, 4) is 17.4 Å². The summed E-state index contributed by atoms with van der Waals surface area (Å²) < 4.78 is 5.79. The predicted molar refractivity (Wildman–Crippen MR) is 83.3 cm³/mol. The van der Waals surface area contributed by atoms with E-state index in [1.54, 1.807) is 18.6 Å². The van der Waals surface area contributed by atoms with E-state index < -0.39 is 0 Å². The molecule has 0 unspecified atom stereocenters. The van der Waals surface area contributed by atoms with Gasteiger partial charge in [0, 0.05) is 24.2 Å². The van der Waals surface area contributed by atoms with Crippen LogP contribution in [-0.4, -0.2) is 19.9 Å². The van der Waals surface area contributed by atoms with Crippen LogP contribution in [0.25, 0.3) is 11.5 Å². The van der Waals surface area contributed by atoms with E-state index in [0.29, 0.717) is 24.0 Å². The van der Waals surface area contributed by atoms with Gasteiger partial charge in [-0.15, -0.1) is 0 Å². The molecule has 2 aromatic heterocycles. The van der Waals surface area contributed by atoms with Crippen LogP contribution >= 0.6 is 0 Å². The fourth-order valence-electron chi connectivity index (χ4n) is 2.10. The first-order chi connectivity index (χ1) is 10.7. The molecule has 3 aromatic rings. The van der Waals surface area contributed by atoms with Crippen molar-refractivity contribution < 1.29 is 4.74 Å². The molecule has 2 heterocycles. The van der Waals surface area contributed by atoms with Crippen LogP contribution in [0.2, 0.25) is 0 Å². The molecule has 0 N–H and O–H groups in total. The minimum atomic E-state index is 0.470. The number of hydrogen-bond donors (Lipinski definition) is 0. The number of aromatic nitrogens is 4. The Morgan fingerprint density at radius 1 is 1.05 bits per heavy atom. The van der Waals surface area contributed by atoms with Crippen LogP contribution in [0, 0.1) is 13.8 Å². The molecular formula is C17H16N4O. The van der Waals surface area contributed by atoms with Crippen molar-refractivity contribution in [2.45, 2.75) is 20.5 Å². The fraction of sp³-hybridized carbons (Fsp3) is 0.176. The third-order valence-corrected chi connectivity index (χ3v) is 3.09. The van der Waals surface area contributed by atoms with Crippen LogP contribution in [-0.2, 0) is 6.61 Å². The monoisotopic (exact) mass is 292 g/mol. The SMILES string of the molecule is Cc1cccc(COc2cc(C)nc(-c3cnccn3)n2)c1. The van der Waals surface area contributed by atoms with Crippen molar-refractivity contribution >= 4 is 0 Å². The molecule has 0 aliphatic rings. The molecule has 0 fully saturated rings. The number of rotatable bonds is 4. The van der Waals surface area contributed by atoms with E-state index in [2.05, 4.69) is 39.0 Å².